The molecule has 6 heteroatoms. The maximum atomic E-state index is 5.92. The first-order valence-electron chi connectivity index (χ1n) is 6.80. The number of nitrogens with zero attached hydrogens (tertiary/aromatic N) is 4. The highest BCUT2D eigenvalue weighted by atomic mass is 16.5. The summed E-state index contributed by atoms with van der Waals surface area (Å²) in [5.74, 6) is 0.638. The molecule has 1 fully saturated rings. The molecule has 1 aliphatic heterocycles. The second-order valence-corrected chi connectivity index (χ2v) is 5.72. The number of para-hydroxylation sites is 1. The Morgan fingerprint density at radius 1 is 1.30 bits per heavy atom. The van der Waals surface area contributed by atoms with Crippen LogP contribution in [0.2, 0.25) is 0 Å². The summed E-state index contributed by atoms with van der Waals surface area (Å²) in [5.41, 5.74) is 7.14. The van der Waals surface area contributed by atoms with Crippen LogP contribution in [0.4, 0.5) is 5.95 Å². The van der Waals surface area contributed by atoms with Gasteiger partial charge in [-0.3, -0.25) is 0 Å². The normalized spacial score (nSPS) is 22.1. The van der Waals surface area contributed by atoms with Crippen molar-refractivity contribution >= 4 is 17.0 Å². The van der Waals surface area contributed by atoms with Crippen molar-refractivity contribution in [3.8, 4) is 0 Å². The molecule has 0 spiro atoms. The van der Waals surface area contributed by atoms with Crippen LogP contribution in [0.15, 0.2) is 24.3 Å². The van der Waals surface area contributed by atoms with Crippen LogP contribution in [0, 0.1) is 0 Å². The number of ether oxygens (including phenoxy) is 1. The molecule has 0 bridgehead atoms. The Bertz CT molecular complexity index is 615. The second kappa shape index (κ2) is 4.96. The van der Waals surface area contributed by atoms with Crippen molar-refractivity contribution in [2.24, 2.45) is 5.73 Å². The van der Waals surface area contributed by atoms with Crippen LogP contribution < -0.4 is 10.6 Å². The molecule has 1 aliphatic rings. The number of morpholine rings is 1. The summed E-state index contributed by atoms with van der Waals surface area (Å²) in [6, 6.07) is 7.73. The molecule has 1 aromatic heterocycles. The van der Waals surface area contributed by atoms with Gasteiger partial charge in [-0.05, 0) is 26.0 Å². The zero-order valence-electron chi connectivity index (χ0n) is 11.8. The lowest BCUT2D eigenvalue weighted by Gasteiger charge is -2.42. The predicted octanol–water partition coefficient (Wildman–Crippen LogP) is 0.967. The van der Waals surface area contributed by atoms with Crippen molar-refractivity contribution in [2.75, 3.05) is 24.5 Å². The van der Waals surface area contributed by atoms with E-state index in [2.05, 4.69) is 33.9 Å². The maximum absolute atomic E-state index is 5.92. The minimum Gasteiger partial charge on any atom is -0.367 e. The highest BCUT2D eigenvalue weighted by Crippen LogP contribution is 2.24. The van der Waals surface area contributed by atoms with E-state index in [1.165, 1.54) is 0 Å². The Kier molecular flexibility index (Phi) is 3.27. The van der Waals surface area contributed by atoms with E-state index in [0.717, 1.165) is 17.6 Å². The van der Waals surface area contributed by atoms with E-state index in [0.29, 0.717) is 19.0 Å². The molecular weight excluding hydrogens is 254 g/mol. The molecule has 2 aromatic rings. The Labute approximate surface area is 118 Å². The minimum absolute atomic E-state index is 0.00572. The number of aromatic nitrogens is 3. The summed E-state index contributed by atoms with van der Waals surface area (Å²) in [4.78, 5) is 6.69. The van der Waals surface area contributed by atoms with Gasteiger partial charge in [0.25, 0.3) is 0 Å². The van der Waals surface area contributed by atoms with Gasteiger partial charge in [-0.15, -0.1) is 10.2 Å². The fraction of sp³-hybridized carbons (Fsp3) is 0.500. The zero-order valence-corrected chi connectivity index (χ0v) is 11.8. The number of benzene rings is 1. The number of hydrogen-bond acceptors (Lipinski definition) is 6. The van der Waals surface area contributed by atoms with Gasteiger partial charge in [0.1, 0.15) is 5.52 Å². The van der Waals surface area contributed by atoms with Gasteiger partial charge in [0, 0.05) is 19.6 Å². The van der Waals surface area contributed by atoms with E-state index in [-0.39, 0.29) is 11.7 Å². The monoisotopic (exact) mass is 273 g/mol. The number of hydrogen-bond donors (Lipinski definition) is 1. The van der Waals surface area contributed by atoms with Gasteiger partial charge in [-0.1, -0.05) is 12.1 Å². The van der Waals surface area contributed by atoms with E-state index in [9.17, 15) is 0 Å². The van der Waals surface area contributed by atoms with Crippen LogP contribution in [0.25, 0.3) is 11.0 Å². The molecular formula is C14H19N5O. The SMILES string of the molecule is CC1(C)CN(c2nnc3ccccc3n2)CC(CN)O1. The predicted molar refractivity (Wildman–Crippen MR) is 77.6 cm³/mol. The standard InChI is InChI=1S/C14H19N5O/c1-14(2)9-19(8-10(7-15)20-14)13-16-11-5-3-4-6-12(11)17-18-13/h3-6,10H,7-9,15H2,1-2H3. The first-order valence-corrected chi connectivity index (χ1v) is 6.80. The smallest absolute Gasteiger partial charge is 0.246 e. The van der Waals surface area contributed by atoms with E-state index in [1.54, 1.807) is 0 Å². The van der Waals surface area contributed by atoms with Gasteiger partial charge in [0.2, 0.25) is 5.95 Å². The van der Waals surface area contributed by atoms with Crippen molar-refractivity contribution in [1.82, 2.24) is 15.2 Å². The molecule has 106 valence electrons. The Morgan fingerprint density at radius 3 is 2.80 bits per heavy atom. The van der Waals surface area contributed by atoms with Crippen LogP contribution in [-0.2, 0) is 4.74 Å². The lowest BCUT2D eigenvalue weighted by molar-refractivity contribution is -0.0792. The quantitative estimate of drug-likeness (QED) is 0.878. The lowest BCUT2D eigenvalue weighted by Crippen LogP contribution is -2.55. The highest BCUT2D eigenvalue weighted by molar-refractivity contribution is 5.74. The third kappa shape index (κ3) is 2.57. The topological polar surface area (TPSA) is 77.2 Å². The number of nitrogens with two attached hydrogens (primary N) is 1. The van der Waals surface area contributed by atoms with Crippen molar-refractivity contribution < 1.29 is 4.74 Å². The average molecular weight is 273 g/mol. The second-order valence-electron chi connectivity index (χ2n) is 5.72. The third-order valence-corrected chi connectivity index (χ3v) is 3.38. The average Bonchev–Trinajstić information content (AvgIpc) is 2.45. The molecule has 1 atom stereocenters. The largest absolute Gasteiger partial charge is 0.367 e. The van der Waals surface area contributed by atoms with E-state index >= 15 is 0 Å². The van der Waals surface area contributed by atoms with Crippen LogP contribution >= 0.6 is 0 Å². The molecule has 0 radical (unpaired) electrons. The van der Waals surface area contributed by atoms with Gasteiger partial charge in [-0.25, -0.2) is 4.98 Å². The summed E-state index contributed by atoms with van der Waals surface area (Å²) >= 11 is 0. The summed E-state index contributed by atoms with van der Waals surface area (Å²) in [7, 11) is 0. The van der Waals surface area contributed by atoms with Gasteiger partial charge in [0.15, 0.2) is 0 Å². The van der Waals surface area contributed by atoms with Gasteiger partial charge >= 0.3 is 0 Å². The molecule has 20 heavy (non-hydrogen) atoms. The molecule has 3 rings (SSSR count). The van der Waals surface area contributed by atoms with Crippen LogP contribution in [0.1, 0.15) is 13.8 Å². The molecule has 6 nitrogen and oxygen atoms in total. The van der Waals surface area contributed by atoms with Crippen molar-refractivity contribution in [2.45, 2.75) is 25.6 Å². The summed E-state index contributed by atoms with van der Waals surface area (Å²) in [6.45, 7) is 6.01. The molecule has 1 unspecified atom stereocenters. The third-order valence-electron chi connectivity index (χ3n) is 3.38. The fourth-order valence-electron chi connectivity index (χ4n) is 2.58. The maximum Gasteiger partial charge on any atom is 0.246 e. The number of anilines is 1. The summed E-state index contributed by atoms with van der Waals surface area (Å²) < 4.78 is 5.92. The van der Waals surface area contributed by atoms with Crippen LogP contribution in [0.3, 0.4) is 0 Å². The first-order chi connectivity index (χ1) is 9.57. The molecule has 0 aliphatic carbocycles. The minimum atomic E-state index is -0.267. The lowest BCUT2D eigenvalue weighted by atomic mass is 10.1. The van der Waals surface area contributed by atoms with Crippen LogP contribution in [0.5, 0.6) is 0 Å². The summed E-state index contributed by atoms with van der Waals surface area (Å²) in [6.07, 6.45) is -0.00572. The molecule has 2 heterocycles. The Balaban J connectivity index is 1.93. The molecule has 0 saturated carbocycles. The zero-order chi connectivity index (χ0) is 14.2. The van der Waals surface area contributed by atoms with E-state index in [1.807, 2.05) is 24.3 Å². The Hall–Kier alpha value is -1.79. The highest BCUT2D eigenvalue weighted by Gasteiger charge is 2.34. The molecule has 2 N–H and O–H groups in total. The summed E-state index contributed by atoms with van der Waals surface area (Å²) in [5, 5.41) is 8.46. The fourth-order valence-corrected chi connectivity index (χ4v) is 2.58. The van der Waals surface area contributed by atoms with Crippen molar-refractivity contribution in [3.05, 3.63) is 24.3 Å². The van der Waals surface area contributed by atoms with E-state index < -0.39 is 0 Å². The van der Waals surface area contributed by atoms with Gasteiger partial charge < -0.3 is 15.4 Å². The van der Waals surface area contributed by atoms with Gasteiger partial charge in [0.05, 0.1) is 17.2 Å². The number of rotatable bonds is 2. The molecule has 1 aromatic carbocycles. The van der Waals surface area contributed by atoms with Crippen LogP contribution in [-0.4, -0.2) is 46.5 Å². The first kappa shape index (κ1) is 13.2. The van der Waals surface area contributed by atoms with E-state index in [4.69, 9.17) is 10.5 Å². The van der Waals surface area contributed by atoms with Gasteiger partial charge in [-0.2, -0.15) is 0 Å². The van der Waals surface area contributed by atoms with Crippen molar-refractivity contribution in [3.63, 3.8) is 0 Å². The molecule has 1 saturated heterocycles. The Morgan fingerprint density at radius 2 is 2.05 bits per heavy atom. The number of fused-ring (bicyclic) bond motifs is 1. The molecule has 0 amide bonds. The van der Waals surface area contributed by atoms with Crippen molar-refractivity contribution in [1.29, 1.82) is 0 Å².